The number of aromatic nitrogens is 2. The zero-order valence-corrected chi connectivity index (χ0v) is 13.9. The minimum atomic E-state index is -0.0287. The van der Waals surface area contributed by atoms with Crippen LogP contribution < -0.4 is 5.32 Å². The van der Waals surface area contributed by atoms with Gasteiger partial charge in [0.05, 0.1) is 12.4 Å². The summed E-state index contributed by atoms with van der Waals surface area (Å²) in [5, 5.41) is 5.40. The Morgan fingerprint density at radius 3 is 3.23 bits per heavy atom. The van der Waals surface area contributed by atoms with Crippen molar-refractivity contribution in [2.75, 3.05) is 5.75 Å². The molecule has 1 saturated carbocycles. The summed E-state index contributed by atoms with van der Waals surface area (Å²) >= 11 is 3.56. The molecule has 4 rings (SSSR count). The number of fused-ring (bicyclic) bond motifs is 1. The molecule has 6 heteroatoms. The zero-order chi connectivity index (χ0) is 14.9. The van der Waals surface area contributed by atoms with E-state index in [0.29, 0.717) is 6.04 Å². The number of hydrogen-bond acceptors (Lipinski definition) is 4. The lowest BCUT2D eigenvalue weighted by molar-refractivity contribution is -0.121. The molecule has 0 saturated heterocycles. The summed E-state index contributed by atoms with van der Waals surface area (Å²) in [6.45, 7) is 0. The molecule has 0 bridgehead atoms. The van der Waals surface area contributed by atoms with Crippen molar-refractivity contribution in [3.63, 3.8) is 0 Å². The lowest BCUT2D eigenvalue weighted by Crippen LogP contribution is -2.40. The predicted molar refractivity (Wildman–Crippen MR) is 90.3 cm³/mol. The van der Waals surface area contributed by atoms with Gasteiger partial charge in [0.1, 0.15) is 5.25 Å². The normalized spacial score (nSPS) is 27.5. The van der Waals surface area contributed by atoms with Crippen LogP contribution in [0.1, 0.15) is 41.0 Å². The Kier molecular flexibility index (Phi) is 3.96. The molecule has 1 aliphatic heterocycles. The molecule has 0 unspecified atom stereocenters. The van der Waals surface area contributed by atoms with Crippen LogP contribution in [0.15, 0.2) is 30.2 Å². The van der Waals surface area contributed by atoms with Crippen LogP contribution in [-0.2, 0) is 11.2 Å². The third kappa shape index (κ3) is 2.58. The first-order valence-electron chi connectivity index (χ1n) is 7.78. The summed E-state index contributed by atoms with van der Waals surface area (Å²) in [6.07, 6.45) is 10.1. The van der Waals surface area contributed by atoms with E-state index in [4.69, 9.17) is 0 Å². The Hall–Kier alpha value is -1.27. The molecule has 1 fully saturated rings. The van der Waals surface area contributed by atoms with Gasteiger partial charge in [-0.25, -0.2) is 4.98 Å². The number of amides is 1. The van der Waals surface area contributed by atoms with Gasteiger partial charge < -0.3 is 9.88 Å². The van der Waals surface area contributed by atoms with Crippen molar-refractivity contribution in [1.29, 1.82) is 0 Å². The van der Waals surface area contributed by atoms with E-state index >= 15 is 0 Å². The summed E-state index contributed by atoms with van der Waals surface area (Å²) < 4.78 is 2.14. The standard InChI is InChI=1S/C16H19N3OS2/c20-16(15-11-4-8-21-14(11)5-9-22-15)18-12-2-1-3-13(12)19-7-6-17-10-19/h4,6-8,10,12-13,15H,1-3,5,9H2,(H,18,20)/t12-,13-,15+/m1/s1. The van der Waals surface area contributed by atoms with E-state index in [9.17, 15) is 4.79 Å². The topological polar surface area (TPSA) is 46.9 Å². The molecule has 1 N–H and O–H groups in total. The van der Waals surface area contributed by atoms with Crippen LogP contribution >= 0.6 is 23.1 Å². The second-order valence-electron chi connectivity index (χ2n) is 5.92. The van der Waals surface area contributed by atoms with Gasteiger partial charge in [-0.3, -0.25) is 4.79 Å². The zero-order valence-electron chi connectivity index (χ0n) is 12.3. The molecule has 2 aromatic rings. The summed E-state index contributed by atoms with van der Waals surface area (Å²) in [5.74, 6) is 1.22. The number of aryl methyl sites for hydroxylation is 1. The van der Waals surface area contributed by atoms with Gasteiger partial charge in [0.25, 0.3) is 0 Å². The van der Waals surface area contributed by atoms with Crippen molar-refractivity contribution in [2.45, 2.75) is 43.0 Å². The van der Waals surface area contributed by atoms with Crippen LogP contribution in [0.5, 0.6) is 0 Å². The predicted octanol–water partition coefficient (Wildman–Crippen LogP) is 3.19. The number of imidazole rings is 1. The van der Waals surface area contributed by atoms with Crippen LogP contribution in [0.4, 0.5) is 0 Å². The van der Waals surface area contributed by atoms with Gasteiger partial charge in [0, 0.05) is 23.3 Å². The summed E-state index contributed by atoms with van der Waals surface area (Å²) in [6, 6.07) is 2.70. The summed E-state index contributed by atoms with van der Waals surface area (Å²) in [7, 11) is 0. The minimum absolute atomic E-state index is 0.0287. The highest BCUT2D eigenvalue weighted by molar-refractivity contribution is 8.00. The van der Waals surface area contributed by atoms with Crippen LogP contribution in [-0.4, -0.2) is 27.3 Å². The third-order valence-electron chi connectivity index (χ3n) is 4.63. The Labute approximate surface area is 138 Å². The SMILES string of the molecule is O=C(N[C@@H]1CCC[C@H]1n1ccnc1)[C@H]1SCCc2sccc21. The molecule has 2 aromatic heterocycles. The lowest BCUT2D eigenvalue weighted by atomic mass is 10.1. The van der Waals surface area contributed by atoms with E-state index in [2.05, 4.69) is 26.3 Å². The van der Waals surface area contributed by atoms with E-state index in [0.717, 1.165) is 31.4 Å². The number of thiophene rings is 1. The number of carbonyl (C=O) groups excluding carboxylic acids is 1. The van der Waals surface area contributed by atoms with Gasteiger partial charge in [0.2, 0.25) is 5.91 Å². The van der Waals surface area contributed by atoms with Crippen molar-refractivity contribution in [3.8, 4) is 0 Å². The average molecular weight is 333 g/mol. The molecule has 4 nitrogen and oxygen atoms in total. The molecule has 0 aromatic carbocycles. The maximum absolute atomic E-state index is 12.8. The summed E-state index contributed by atoms with van der Waals surface area (Å²) in [5.41, 5.74) is 1.23. The van der Waals surface area contributed by atoms with Gasteiger partial charge in [0.15, 0.2) is 0 Å². The van der Waals surface area contributed by atoms with E-state index in [1.807, 2.05) is 18.7 Å². The van der Waals surface area contributed by atoms with Gasteiger partial charge in [-0.15, -0.1) is 23.1 Å². The Bertz CT molecular complexity index is 652. The number of rotatable bonds is 3. The number of nitrogens with zero attached hydrogens (tertiary/aromatic N) is 2. The first-order chi connectivity index (χ1) is 10.8. The fourth-order valence-corrected chi connectivity index (χ4v) is 5.86. The Morgan fingerprint density at radius 2 is 2.36 bits per heavy atom. The maximum Gasteiger partial charge on any atom is 0.237 e. The van der Waals surface area contributed by atoms with Crippen molar-refractivity contribution < 1.29 is 4.79 Å². The molecule has 3 heterocycles. The highest BCUT2D eigenvalue weighted by atomic mass is 32.2. The van der Waals surface area contributed by atoms with Gasteiger partial charge in [-0.05, 0) is 48.4 Å². The molecule has 0 spiro atoms. The highest BCUT2D eigenvalue weighted by Crippen LogP contribution is 2.40. The first kappa shape index (κ1) is 14.3. The molecular weight excluding hydrogens is 314 g/mol. The Morgan fingerprint density at radius 1 is 1.41 bits per heavy atom. The third-order valence-corrected chi connectivity index (χ3v) is 6.87. The van der Waals surface area contributed by atoms with Crippen molar-refractivity contribution >= 4 is 29.0 Å². The van der Waals surface area contributed by atoms with Crippen LogP contribution in [0.25, 0.3) is 0 Å². The number of thioether (sulfide) groups is 1. The number of hydrogen-bond donors (Lipinski definition) is 1. The number of nitrogens with one attached hydrogen (secondary N) is 1. The molecule has 2 aliphatic rings. The van der Waals surface area contributed by atoms with E-state index in [-0.39, 0.29) is 17.2 Å². The van der Waals surface area contributed by atoms with E-state index in [1.54, 1.807) is 23.1 Å². The quantitative estimate of drug-likeness (QED) is 0.938. The first-order valence-corrected chi connectivity index (χ1v) is 9.71. The van der Waals surface area contributed by atoms with E-state index in [1.165, 1.54) is 10.4 Å². The maximum atomic E-state index is 12.8. The summed E-state index contributed by atoms with van der Waals surface area (Å²) in [4.78, 5) is 18.3. The lowest BCUT2D eigenvalue weighted by Gasteiger charge is -2.26. The molecule has 1 aliphatic carbocycles. The van der Waals surface area contributed by atoms with Gasteiger partial charge >= 0.3 is 0 Å². The molecule has 22 heavy (non-hydrogen) atoms. The smallest absolute Gasteiger partial charge is 0.237 e. The molecule has 0 radical (unpaired) electrons. The highest BCUT2D eigenvalue weighted by Gasteiger charge is 2.34. The van der Waals surface area contributed by atoms with Gasteiger partial charge in [-0.1, -0.05) is 0 Å². The molecular formula is C16H19N3OS2. The average Bonchev–Trinajstić information content (AvgIpc) is 3.27. The second kappa shape index (κ2) is 6.08. The minimum Gasteiger partial charge on any atom is -0.350 e. The monoisotopic (exact) mass is 333 g/mol. The van der Waals surface area contributed by atoms with Crippen molar-refractivity contribution in [3.05, 3.63) is 40.6 Å². The number of carbonyl (C=O) groups is 1. The van der Waals surface area contributed by atoms with Crippen molar-refractivity contribution in [2.24, 2.45) is 0 Å². The van der Waals surface area contributed by atoms with E-state index < -0.39 is 0 Å². The second-order valence-corrected chi connectivity index (χ2v) is 8.14. The van der Waals surface area contributed by atoms with Crippen LogP contribution in [0.3, 0.4) is 0 Å². The fraction of sp³-hybridized carbons (Fsp3) is 0.500. The fourth-order valence-electron chi connectivity index (χ4n) is 3.55. The van der Waals surface area contributed by atoms with Crippen molar-refractivity contribution in [1.82, 2.24) is 14.9 Å². The molecule has 1 amide bonds. The largest absolute Gasteiger partial charge is 0.350 e. The molecule has 116 valence electrons. The van der Waals surface area contributed by atoms with Crippen LogP contribution in [0.2, 0.25) is 0 Å². The molecule has 3 atom stereocenters. The Balaban J connectivity index is 1.49. The van der Waals surface area contributed by atoms with Crippen LogP contribution in [0, 0.1) is 0 Å². The van der Waals surface area contributed by atoms with Gasteiger partial charge in [-0.2, -0.15) is 0 Å².